The van der Waals surface area contributed by atoms with Crippen molar-refractivity contribution in [1.82, 2.24) is 9.97 Å². The molecule has 1 fully saturated rings. The minimum absolute atomic E-state index is 0.346. The summed E-state index contributed by atoms with van der Waals surface area (Å²) >= 11 is 1.52. The Morgan fingerprint density at radius 3 is 2.69 bits per heavy atom. The zero-order valence-corrected chi connectivity index (χ0v) is 18.1. The van der Waals surface area contributed by atoms with Gasteiger partial charge in [0.05, 0.1) is 6.20 Å². The van der Waals surface area contributed by atoms with Crippen molar-refractivity contribution in [2.45, 2.75) is 24.3 Å². The fraction of sp³-hybridized carbons (Fsp3) is 0.292. The predicted molar refractivity (Wildman–Crippen MR) is 122 cm³/mol. The third-order valence-corrected chi connectivity index (χ3v) is 7.37. The third-order valence-electron chi connectivity index (χ3n) is 6.42. The van der Waals surface area contributed by atoms with Gasteiger partial charge < -0.3 is 15.2 Å². The molecule has 1 unspecified atom stereocenters. The highest BCUT2D eigenvalue weighted by Crippen LogP contribution is 2.54. The Morgan fingerprint density at radius 1 is 1.06 bits per heavy atom. The van der Waals surface area contributed by atoms with Crippen LogP contribution in [-0.4, -0.2) is 34.1 Å². The van der Waals surface area contributed by atoms with Crippen molar-refractivity contribution < 1.29 is 13.9 Å². The predicted octanol–water partition coefficient (Wildman–Crippen LogP) is 4.59. The second-order valence-corrected chi connectivity index (χ2v) is 9.24. The highest BCUT2D eigenvalue weighted by atomic mass is 32.2. The summed E-state index contributed by atoms with van der Waals surface area (Å²) in [6.45, 7) is 1.49. The van der Waals surface area contributed by atoms with E-state index < -0.39 is 11.5 Å². The monoisotopic (exact) mass is 448 g/mol. The maximum absolute atomic E-state index is 14.4. The van der Waals surface area contributed by atoms with Gasteiger partial charge >= 0.3 is 0 Å². The minimum atomic E-state index is -0.699. The standard InChI is InChI=1S/C24H21FN4O2S/c25-22-16(2-1-7-27-22)15-3-4-20-17(10-15)24(13-32-23(26)29-24)18-11-19(28-12-21(18)31-20)14-5-8-30-9-6-14/h1-4,7,10-12,14H,5-6,8-9,13H2,(H2,26,29). The average Bonchev–Trinajstić information content (AvgIpc) is 3.22. The van der Waals surface area contributed by atoms with E-state index in [4.69, 9.17) is 25.2 Å². The van der Waals surface area contributed by atoms with Crippen LogP contribution < -0.4 is 10.5 Å². The maximum Gasteiger partial charge on any atom is 0.220 e. The summed E-state index contributed by atoms with van der Waals surface area (Å²) in [7, 11) is 0. The van der Waals surface area contributed by atoms with Crippen LogP contribution in [0.2, 0.25) is 0 Å². The van der Waals surface area contributed by atoms with Gasteiger partial charge in [0.25, 0.3) is 0 Å². The second-order valence-electron chi connectivity index (χ2n) is 8.25. The number of nitrogens with two attached hydrogens (primary N) is 1. The van der Waals surface area contributed by atoms with E-state index in [1.165, 1.54) is 18.0 Å². The molecule has 8 heteroatoms. The Bertz CT molecular complexity index is 1240. The molecule has 1 atom stereocenters. The van der Waals surface area contributed by atoms with Crippen molar-refractivity contribution in [3.63, 3.8) is 0 Å². The molecule has 5 heterocycles. The molecular weight excluding hydrogens is 427 g/mol. The Hall–Kier alpha value is -2.97. The second kappa shape index (κ2) is 7.56. The quantitative estimate of drug-likeness (QED) is 0.578. The largest absolute Gasteiger partial charge is 0.455 e. The van der Waals surface area contributed by atoms with Gasteiger partial charge in [-0.25, -0.2) is 9.98 Å². The van der Waals surface area contributed by atoms with E-state index >= 15 is 0 Å². The number of halogens is 1. The van der Waals surface area contributed by atoms with E-state index in [2.05, 4.69) is 11.1 Å². The molecule has 2 aromatic heterocycles. The van der Waals surface area contributed by atoms with Crippen molar-refractivity contribution in [2.75, 3.05) is 19.0 Å². The summed E-state index contributed by atoms with van der Waals surface area (Å²) in [5.74, 6) is 1.86. The number of rotatable bonds is 2. The van der Waals surface area contributed by atoms with Crippen molar-refractivity contribution in [3.05, 3.63) is 71.6 Å². The highest BCUT2D eigenvalue weighted by Gasteiger charge is 2.46. The molecule has 3 aromatic rings. The van der Waals surface area contributed by atoms with Gasteiger partial charge in [-0.05, 0) is 48.7 Å². The number of nitrogens with zero attached hydrogens (tertiary/aromatic N) is 3. The lowest BCUT2D eigenvalue weighted by Crippen LogP contribution is -2.31. The first-order valence-corrected chi connectivity index (χ1v) is 11.6. The fourth-order valence-corrected chi connectivity index (χ4v) is 5.71. The number of aliphatic imine (C=N–C) groups is 1. The molecule has 3 aliphatic rings. The SMILES string of the molecule is NC1=NC2(CS1)c1cc(-c3cccnc3F)ccc1Oc1cnc(C3CCOCC3)cc12. The summed E-state index contributed by atoms with van der Waals surface area (Å²) in [6, 6.07) is 11.2. The topological polar surface area (TPSA) is 82.6 Å². The van der Waals surface area contributed by atoms with E-state index in [0.29, 0.717) is 33.9 Å². The van der Waals surface area contributed by atoms with Gasteiger partial charge in [-0.1, -0.05) is 17.8 Å². The Morgan fingerprint density at radius 2 is 1.91 bits per heavy atom. The van der Waals surface area contributed by atoms with Crippen molar-refractivity contribution in [2.24, 2.45) is 10.7 Å². The van der Waals surface area contributed by atoms with Gasteiger partial charge in [-0.2, -0.15) is 4.39 Å². The van der Waals surface area contributed by atoms with Crippen LogP contribution in [0.3, 0.4) is 0 Å². The summed E-state index contributed by atoms with van der Waals surface area (Å²) in [5.41, 5.74) is 9.51. The van der Waals surface area contributed by atoms with E-state index in [1.54, 1.807) is 18.3 Å². The Kier molecular flexibility index (Phi) is 4.66. The van der Waals surface area contributed by atoms with Crippen LogP contribution >= 0.6 is 11.8 Å². The van der Waals surface area contributed by atoms with Crippen LogP contribution in [0.25, 0.3) is 11.1 Å². The van der Waals surface area contributed by atoms with Crippen molar-refractivity contribution in [3.8, 4) is 22.6 Å². The molecule has 2 N–H and O–H groups in total. The molecule has 162 valence electrons. The average molecular weight is 449 g/mol. The zero-order valence-electron chi connectivity index (χ0n) is 17.3. The van der Waals surface area contributed by atoms with E-state index in [0.717, 1.165) is 48.4 Å². The van der Waals surface area contributed by atoms with Gasteiger partial charge in [-0.3, -0.25) is 4.98 Å². The van der Waals surface area contributed by atoms with Crippen LogP contribution in [0.5, 0.6) is 11.5 Å². The number of amidine groups is 1. The van der Waals surface area contributed by atoms with Crippen LogP contribution in [-0.2, 0) is 10.3 Å². The molecule has 1 spiro atoms. The van der Waals surface area contributed by atoms with Gasteiger partial charge in [-0.15, -0.1) is 0 Å². The number of ether oxygens (including phenoxy) is 2. The molecule has 0 aliphatic carbocycles. The highest BCUT2D eigenvalue weighted by molar-refractivity contribution is 8.14. The Balaban J connectivity index is 1.51. The lowest BCUT2D eigenvalue weighted by molar-refractivity contribution is 0.0844. The van der Waals surface area contributed by atoms with Gasteiger partial charge in [0.2, 0.25) is 5.95 Å². The molecular formula is C24H21FN4O2S. The third kappa shape index (κ3) is 3.09. The van der Waals surface area contributed by atoms with Crippen molar-refractivity contribution >= 4 is 16.9 Å². The van der Waals surface area contributed by atoms with Crippen LogP contribution in [0, 0.1) is 5.95 Å². The van der Waals surface area contributed by atoms with E-state index in [9.17, 15) is 4.39 Å². The molecule has 0 bridgehead atoms. The summed E-state index contributed by atoms with van der Waals surface area (Å²) in [4.78, 5) is 13.4. The number of fused-ring (bicyclic) bond motifs is 4. The number of pyridine rings is 2. The molecule has 32 heavy (non-hydrogen) atoms. The molecule has 1 aromatic carbocycles. The number of benzene rings is 1. The summed E-state index contributed by atoms with van der Waals surface area (Å²) in [5, 5.41) is 0.534. The number of hydrogen-bond acceptors (Lipinski definition) is 7. The fourth-order valence-electron chi connectivity index (χ4n) is 4.76. The molecule has 0 radical (unpaired) electrons. The summed E-state index contributed by atoms with van der Waals surface area (Å²) in [6.07, 6.45) is 5.14. The smallest absolute Gasteiger partial charge is 0.220 e. The lowest BCUT2D eigenvalue weighted by atomic mass is 9.80. The van der Waals surface area contributed by atoms with Crippen molar-refractivity contribution in [1.29, 1.82) is 0 Å². The van der Waals surface area contributed by atoms with Crippen LogP contribution in [0.1, 0.15) is 35.6 Å². The van der Waals surface area contributed by atoms with Crippen LogP contribution in [0.15, 0.2) is 53.8 Å². The number of hydrogen-bond donors (Lipinski definition) is 1. The molecule has 6 rings (SSSR count). The summed E-state index contributed by atoms with van der Waals surface area (Å²) < 4.78 is 26.2. The normalized spacial score (nSPS) is 22.2. The first-order chi connectivity index (χ1) is 15.6. The van der Waals surface area contributed by atoms with Crippen LogP contribution in [0.4, 0.5) is 4.39 Å². The molecule has 6 nitrogen and oxygen atoms in total. The first kappa shape index (κ1) is 19.7. The maximum atomic E-state index is 14.4. The lowest BCUT2D eigenvalue weighted by Gasteiger charge is -2.35. The Labute approximate surface area is 189 Å². The molecule has 3 aliphatic heterocycles. The van der Waals surface area contributed by atoms with E-state index in [1.807, 2.05) is 18.2 Å². The number of aromatic nitrogens is 2. The number of thioether (sulfide) groups is 1. The zero-order chi connectivity index (χ0) is 21.7. The molecule has 1 saturated heterocycles. The first-order valence-electron chi connectivity index (χ1n) is 10.6. The van der Waals surface area contributed by atoms with Gasteiger partial charge in [0.1, 0.15) is 11.3 Å². The van der Waals surface area contributed by atoms with Gasteiger partial charge in [0, 0.05) is 53.5 Å². The van der Waals surface area contributed by atoms with E-state index in [-0.39, 0.29) is 0 Å². The molecule has 0 amide bonds. The minimum Gasteiger partial charge on any atom is -0.455 e. The molecule has 0 saturated carbocycles. The van der Waals surface area contributed by atoms with Gasteiger partial charge in [0.15, 0.2) is 10.9 Å².